The summed E-state index contributed by atoms with van der Waals surface area (Å²) in [6.07, 6.45) is 2.60. The van der Waals surface area contributed by atoms with E-state index in [1.807, 2.05) is 24.3 Å². The lowest BCUT2D eigenvalue weighted by Crippen LogP contribution is -2.09. The average Bonchev–Trinajstić information content (AvgIpc) is 3.35. The molecule has 0 spiro atoms. The molecule has 1 aliphatic rings. The third kappa shape index (κ3) is 2.77. The van der Waals surface area contributed by atoms with E-state index in [0.717, 1.165) is 35.0 Å². The molecule has 0 atom stereocenters. The van der Waals surface area contributed by atoms with Gasteiger partial charge in [-0.3, -0.25) is 0 Å². The molecule has 0 bridgehead atoms. The predicted octanol–water partition coefficient (Wildman–Crippen LogP) is 3.77. The number of aromatic nitrogens is 2. The van der Waals surface area contributed by atoms with Gasteiger partial charge in [0.05, 0.1) is 18.1 Å². The first-order valence-electron chi connectivity index (χ1n) is 8.30. The van der Waals surface area contributed by atoms with Crippen LogP contribution >= 0.6 is 0 Å². The number of ether oxygens (including phenoxy) is 1. The van der Waals surface area contributed by atoms with Crippen molar-refractivity contribution in [3.63, 3.8) is 0 Å². The van der Waals surface area contributed by atoms with E-state index in [4.69, 9.17) is 9.72 Å². The van der Waals surface area contributed by atoms with Crippen molar-refractivity contribution in [1.29, 1.82) is 0 Å². The molecule has 2 N–H and O–H groups in total. The molecule has 5 heteroatoms. The Morgan fingerprint density at radius 1 is 1.21 bits per heavy atom. The van der Waals surface area contributed by atoms with E-state index in [1.54, 1.807) is 13.2 Å². The van der Waals surface area contributed by atoms with Crippen molar-refractivity contribution < 1.29 is 9.84 Å². The van der Waals surface area contributed by atoms with Gasteiger partial charge in [-0.1, -0.05) is 24.3 Å². The van der Waals surface area contributed by atoms with E-state index in [9.17, 15) is 5.11 Å². The van der Waals surface area contributed by atoms with Crippen LogP contribution in [0, 0.1) is 5.92 Å². The molecule has 2 aromatic carbocycles. The maximum Gasteiger partial charge on any atom is 0.204 e. The molecule has 4 rings (SSSR count). The number of para-hydroxylation sites is 3. The van der Waals surface area contributed by atoms with Crippen LogP contribution in [0.2, 0.25) is 0 Å². The SMILES string of the molecule is COc1c(O)cccc1CNc1nc2ccccc2n1CC1CC1. The normalized spacial score (nSPS) is 14.0. The number of phenols is 1. The number of benzene rings is 2. The van der Waals surface area contributed by atoms with E-state index < -0.39 is 0 Å². The monoisotopic (exact) mass is 323 g/mol. The lowest BCUT2D eigenvalue weighted by molar-refractivity contribution is 0.369. The zero-order valence-corrected chi connectivity index (χ0v) is 13.7. The minimum Gasteiger partial charge on any atom is -0.504 e. The van der Waals surface area contributed by atoms with Crippen LogP contribution in [-0.4, -0.2) is 21.8 Å². The summed E-state index contributed by atoms with van der Waals surface area (Å²) >= 11 is 0. The van der Waals surface area contributed by atoms with Gasteiger partial charge < -0.3 is 19.7 Å². The molecular weight excluding hydrogens is 302 g/mol. The maximum absolute atomic E-state index is 9.91. The van der Waals surface area contributed by atoms with Crippen LogP contribution in [0.25, 0.3) is 11.0 Å². The topological polar surface area (TPSA) is 59.3 Å². The Morgan fingerprint density at radius 2 is 2.04 bits per heavy atom. The summed E-state index contributed by atoms with van der Waals surface area (Å²) < 4.78 is 7.58. The third-order valence-electron chi connectivity index (χ3n) is 4.51. The van der Waals surface area contributed by atoms with E-state index in [2.05, 4.69) is 22.0 Å². The second-order valence-electron chi connectivity index (χ2n) is 6.30. The van der Waals surface area contributed by atoms with Gasteiger partial charge in [0.2, 0.25) is 5.95 Å². The summed E-state index contributed by atoms with van der Waals surface area (Å²) in [7, 11) is 1.57. The third-order valence-corrected chi connectivity index (χ3v) is 4.51. The van der Waals surface area contributed by atoms with Gasteiger partial charge in [0, 0.05) is 18.7 Å². The van der Waals surface area contributed by atoms with Crippen LogP contribution < -0.4 is 10.1 Å². The van der Waals surface area contributed by atoms with Crippen LogP contribution in [0.5, 0.6) is 11.5 Å². The van der Waals surface area contributed by atoms with Crippen LogP contribution in [0.3, 0.4) is 0 Å². The van der Waals surface area contributed by atoms with E-state index >= 15 is 0 Å². The van der Waals surface area contributed by atoms with Crippen molar-refractivity contribution in [1.82, 2.24) is 9.55 Å². The maximum atomic E-state index is 9.91. The number of phenolic OH excluding ortho intramolecular Hbond substituents is 1. The van der Waals surface area contributed by atoms with E-state index in [0.29, 0.717) is 12.3 Å². The Kier molecular flexibility index (Phi) is 3.76. The number of imidazole rings is 1. The smallest absolute Gasteiger partial charge is 0.204 e. The quantitative estimate of drug-likeness (QED) is 0.725. The van der Waals surface area contributed by atoms with Crippen molar-refractivity contribution in [2.75, 3.05) is 12.4 Å². The summed E-state index contributed by atoms with van der Waals surface area (Å²) in [4.78, 5) is 4.74. The first kappa shape index (κ1) is 14.9. The average molecular weight is 323 g/mol. The number of methoxy groups -OCH3 is 1. The highest BCUT2D eigenvalue weighted by Gasteiger charge is 2.24. The van der Waals surface area contributed by atoms with Gasteiger partial charge in [0.25, 0.3) is 0 Å². The molecule has 0 radical (unpaired) electrons. The minimum atomic E-state index is 0.156. The van der Waals surface area contributed by atoms with Gasteiger partial charge in [0.15, 0.2) is 11.5 Å². The molecule has 0 amide bonds. The van der Waals surface area contributed by atoms with Gasteiger partial charge in [0.1, 0.15) is 0 Å². The van der Waals surface area contributed by atoms with Crippen molar-refractivity contribution in [3.8, 4) is 11.5 Å². The molecule has 124 valence electrons. The fraction of sp³-hybridized carbons (Fsp3) is 0.316. The molecule has 24 heavy (non-hydrogen) atoms. The summed E-state index contributed by atoms with van der Waals surface area (Å²) in [5.74, 6) is 2.30. The fourth-order valence-electron chi connectivity index (χ4n) is 3.07. The number of nitrogens with zero attached hydrogens (tertiary/aromatic N) is 2. The molecule has 3 aromatic rings. The highest BCUT2D eigenvalue weighted by Crippen LogP contribution is 2.34. The van der Waals surface area contributed by atoms with Gasteiger partial charge in [-0.25, -0.2) is 4.98 Å². The van der Waals surface area contributed by atoms with Crippen LogP contribution in [-0.2, 0) is 13.1 Å². The fourth-order valence-corrected chi connectivity index (χ4v) is 3.07. The molecule has 1 heterocycles. The van der Waals surface area contributed by atoms with E-state index in [-0.39, 0.29) is 5.75 Å². The van der Waals surface area contributed by atoms with E-state index in [1.165, 1.54) is 12.8 Å². The first-order valence-corrected chi connectivity index (χ1v) is 8.30. The number of rotatable bonds is 6. The second-order valence-corrected chi connectivity index (χ2v) is 6.30. The molecular formula is C19H21N3O2. The highest BCUT2D eigenvalue weighted by atomic mass is 16.5. The van der Waals surface area contributed by atoms with Gasteiger partial charge >= 0.3 is 0 Å². The zero-order chi connectivity index (χ0) is 16.5. The Balaban J connectivity index is 1.63. The number of hydrogen-bond acceptors (Lipinski definition) is 4. The lowest BCUT2D eigenvalue weighted by atomic mass is 10.2. The van der Waals surface area contributed by atoms with Crippen LogP contribution in [0.15, 0.2) is 42.5 Å². The van der Waals surface area contributed by atoms with Gasteiger partial charge in [-0.15, -0.1) is 0 Å². The molecule has 0 unspecified atom stereocenters. The first-order chi connectivity index (χ1) is 11.8. The molecule has 0 saturated heterocycles. The Labute approximate surface area is 140 Å². The van der Waals surface area contributed by atoms with Crippen molar-refractivity contribution in [2.45, 2.75) is 25.9 Å². The molecule has 0 aliphatic heterocycles. The molecule has 1 aromatic heterocycles. The standard InChI is InChI=1S/C19H21N3O2/c1-24-18-14(5-4-8-17(18)23)11-20-19-21-15-6-2-3-7-16(15)22(19)12-13-9-10-13/h2-8,13,23H,9-12H2,1H3,(H,20,21). The number of fused-ring (bicyclic) bond motifs is 1. The number of nitrogens with one attached hydrogen (secondary N) is 1. The van der Waals surface area contributed by atoms with Crippen LogP contribution in [0.1, 0.15) is 18.4 Å². The summed E-state index contributed by atoms with van der Waals surface area (Å²) in [6.45, 7) is 1.55. The van der Waals surface area contributed by atoms with Gasteiger partial charge in [-0.05, 0) is 37.0 Å². The van der Waals surface area contributed by atoms with Crippen molar-refractivity contribution >= 4 is 17.0 Å². The molecule has 1 fully saturated rings. The van der Waals surface area contributed by atoms with Crippen molar-refractivity contribution in [3.05, 3.63) is 48.0 Å². The molecule has 5 nitrogen and oxygen atoms in total. The number of aromatic hydroxyl groups is 1. The lowest BCUT2D eigenvalue weighted by Gasteiger charge is -2.13. The number of hydrogen-bond donors (Lipinski definition) is 2. The summed E-state index contributed by atoms with van der Waals surface area (Å²) in [5.41, 5.74) is 3.07. The summed E-state index contributed by atoms with van der Waals surface area (Å²) in [5, 5.41) is 13.3. The Bertz CT molecular complexity index is 868. The van der Waals surface area contributed by atoms with Crippen LogP contribution in [0.4, 0.5) is 5.95 Å². The highest BCUT2D eigenvalue weighted by molar-refractivity contribution is 5.78. The summed E-state index contributed by atoms with van der Waals surface area (Å²) in [6, 6.07) is 13.6. The Morgan fingerprint density at radius 3 is 2.83 bits per heavy atom. The Hall–Kier alpha value is -2.69. The second kappa shape index (κ2) is 6.07. The number of anilines is 1. The molecule has 1 aliphatic carbocycles. The largest absolute Gasteiger partial charge is 0.504 e. The van der Waals surface area contributed by atoms with Gasteiger partial charge in [-0.2, -0.15) is 0 Å². The molecule has 1 saturated carbocycles. The zero-order valence-electron chi connectivity index (χ0n) is 13.7. The minimum absolute atomic E-state index is 0.156. The van der Waals surface area contributed by atoms with Crippen molar-refractivity contribution in [2.24, 2.45) is 5.92 Å². The predicted molar refractivity (Wildman–Crippen MR) is 94.4 cm³/mol.